The number of piperidine rings is 1. The molecule has 0 saturated carbocycles. The van der Waals surface area contributed by atoms with Crippen LogP contribution in [-0.4, -0.2) is 37.6 Å². The van der Waals surface area contributed by atoms with Crippen molar-refractivity contribution >= 4 is 5.97 Å². The molecule has 0 aromatic rings. The maximum absolute atomic E-state index is 12.8. The standard InChI is InChI=1S/C45H83NO2/c1-4-6-8-10-12-14-16-18-20-22-24-26-28-30-32-34-36-43(42-48-45(47)44-38-40-46(3)41-39-44)37-35-33-31-29-27-25-23-21-19-17-15-13-11-9-7-5-2/h12,14,18-21,43-44H,4-11,13,15-17,22-42H2,1-3H3/b14-12-,20-18-,21-19-. The van der Waals surface area contributed by atoms with E-state index in [4.69, 9.17) is 4.74 Å². The molecule has 1 aliphatic heterocycles. The van der Waals surface area contributed by atoms with Gasteiger partial charge in [-0.15, -0.1) is 0 Å². The molecule has 48 heavy (non-hydrogen) atoms. The largest absolute Gasteiger partial charge is 0.465 e. The van der Waals surface area contributed by atoms with Gasteiger partial charge in [-0.3, -0.25) is 4.79 Å². The Bertz CT molecular complexity index is 763. The maximum atomic E-state index is 12.8. The quantitative estimate of drug-likeness (QED) is 0.0388. The maximum Gasteiger partial charge on any atom is 0.309 e. The van der Waals surface area contributed by atoms with Gasteiger partial charge in [0.15, 0.2) is 0 Å². The molecule has 3 nitrogen and oxygen atoms in total. The van der Waals surface area contributed by atoms with Gasteiger partial charge < -0.3 is 9.64 Å². The first-order chi connectivity index (χ1) is 23.7. The molecule has 0 spiro atoms. The van der Waals surface area contributed by atoms with E-state index in [-0.39, 0.29) is 11.9 Å². The van der Waals surface area contributed by atoms with Gasteiger partial charge in [0.2, 0.25) is 0 Å². The van der Waals surface area contributed by atoms with Gasteiger partial charge in [-0.05, 0) is 110 Å². The number of hydrogen-bond acceptors (Lipinski definition) is 3. The number of unbranched alkanes of at least 4 members (excludes halogenated alkanes) is 21. The lowest BCUT2D eigenvalue weighted by Crippen LogP contribution is -2.34. The van der Waals surface area contributed by atoms with Crippen LogP contribution in [0.2, 0.25) is 0 Å². The monoisotopic (exact) mass is 670 g/mol. The summed E-state index contributed by atoms with van der Waals surface area (Å²) in [6.07, 6.45) is 53.1. The molecule has 0 N–H and O–H groups in total. The summed E-state index contributed by atoms with van der Waals surface area (Å²) in [7, 11) is 2.15. The van der Waals surface area contributed by atoms with E-state index in [1.165, 1.54) is 173 Å². The van der Waals surface area contributed by atoms with Crippen molar-refractivity contribution in [2.24, 2.45) is 11.8 Å². The van der Waals surface area contributed by atoms with Gasteiger partial charge in [-0.25, -0.2) is 0 Å². The van der Waals surface area contributed by atoms with Crippen LogP contribution in [0.3, 0.4) is 0 Å². The highest BCUT2D eigenvalue weighted by atomic mass is 16.5. The first kappa shape index (κ1) is 44.7. The number of esters is 1. The van der Waals surface area contributed by atoms with Crippen molar-refractivity contribution < 1.29 is 9.53 Å². The molecule has 0 radical (unpaired) electrons. The third-order valence-corrected chi connectivity index (χ3v) is 10.5. The van der Waals surface area contributed by atoms with E-state index in [1.807, 2.05) is 0 Å². The van der Waals surface area contributed by atoms with Crippen LogP contribution in [0.15, 0.2) is 36.5 Å². The molecule has 0 aromatic heterocycles. The second-order valence-corrected chi connectivity index (χ2v) is 15.2. The topological polar surface area (TPSA) is 29.5 Å². The summed E-state index contributed by atoms with van der Waals surface area (Å²) in [6, 6.07) is 0. The lowest BCUT2D eigenvalue weighted by Gasteiger charge is -2.28. The second-order valence-electron chi connectivity index (χ2n) is 15.2. The third kappa shape index (κ3) is 29.6. The highest BCUT2D eigenvalue weighted by molar-refractivity contribution is 5.72. The molecule has 1 atom stereocenters. The Balaban J connectivity index is 2.16. The molecule has 0 aromatic carbocycles. The van der Waals surface area contributed by atoms with E-state index in [2.05, 4.69) is 62.3 Å². The van der Waals surface area contributed by atoms with Crippen molar-refractivity contribution in [2.45, 2.75) is 206 Å². The van der Waals surface area contributed by atoms with Crippen molar-refractivity contribution in [3.05, 3.63) is 36.5 Å². The van der Waals surface area contributed by atoms with Crippen molar-refractivity contribution in [3.63, 3.8) is 0 Å². The summed E-state index contributed by atoms with van der Waals surface area (Å²) >= 11 is 0. The van der Waals surface area contributed by atoms with Crippen LogP contribution in [0.25, 0.3) is 0 Å². The average Bonchev–Trinajstić information content (AvgIpc) is 3.10. The number of carbonyl (C=O) groups is 1. The summed E-state index contributed by atoms with van der Waals surface area (Å²) in [4.78, 5) is 15.1. The number of nitrogens with zero attached hydrogens (tertiary/aromatic N) is 1. The molecule has 0 amide bonds. The Morgan fingerprint density at radius 1 is 0.562 bits per heavy atom. The van der Waals surface area contributed by atoms with E-state index in [0.717, 1.165) is 32.4 Å². The van der Waals surface area contributed by atoms with E-state index in [0.29, 0.717) is 12.5 Å². The molecular weight excluding hydrogens is 587 g/mol. The SMILES string of the molecule is CCCCC/C=C\C/C=C\CCCCCCCCC(CCCCCCCC/C=C\CCCCCCCC)COC(=O)C1CCN(C)CC1. The van der Waals surface area contributed by atoms with Crippen LogP contribution in [0.1, 0.15) is 206 Å². The van der Waals surface area contributed by atoms with Crippen LogP contribution in [0.4, 0.5) is 0 Å². The Kier molecular flexibility index (Phi) is 33.0. The Morgan fingerprint density at radius 3 is 1.42 bits per heavy atom. The first-order valence-corrected chi connectivity index (χ1v) is 21.5. The zero-order valence-electron chi connectivity index (χ0n) is 32.7. The molecule has 1 unspecified atom stereocenters. The Morgan fingerprint density at radius 2 is 0.938 bits per heavy atom. The van der Waals surface area contributed by atoms with Gasteiger partial charge in [-0.1, -0.05) is 159 Å². The van der Waals surface area contributed by atoms with Crippen LogP contribution in [0.5, 0.6) is 0 Å². The zero-order valence-corrected chi connectivity index (χ0v) is 32.7. The van der Waals surface area contributed by atoms with Gasteiger partial charge in [0.05, 0.1) is 12.5 Å². The van der Waals surface area contributed by atoms with Crippen molar-refractivity contribution in [3.8, 4) is 0 Å². The van der Waals surface area contributed by atoms with Crippen LogP contribution < -0.4 is 0 Å². The summed E-state index contributed by atoms with van der Waals surface area (Å²) < 4.78 is 5.96. The van der Waals surface area contributed by atoms with Crippen LogP contribution in [-0.2, 0) is 9.53 Å². The summed E-state index contributed by atoms with van der Waals surface area (Å²) in [5.74, 6) is 0.739. The van der Waals surface area contributed by atoms with E-state index in [1.54, 1.807) is 0 Å². The molecule has 280 valence electrons. The fraction of sp³-hybridized carbons (Fsp3) is 0.844. The molecular formula is C45H83NO2. The third-order valence-electron chi connectivity index (χ3n) is 10.5. The molecule has 1 aliphatic rings. The number of likely N-dealkylation sites (tertiary alicyclic amines) is 1. The fourth-order valence-corrected chi connectivity index (χ4v) is 6.97. The van der Waals surface area contributed by atoms with Gasteiger partial charge in [0.25, 0.3) is 0 Å². The van der Waals surface area contributed by atoms with Gasteiger partial charge in [0, 0.05) is 0 Å². The average molecular weight is 670 g/mol. The minimum atomic E-state index is 0.0752. The molecule has 0 aliphatic carbocycles. The van der Waals surface area contributed by atoms with Crippen molar-refractivity contribution in [1.29, 1.82) is 0 Å². The van der Waals surface area contributed by atoms with E-state index < -0.39 is 0 Å². The fourth-order valence-electron chi connectivity index (χ4n) is 6.97. The smallest absolute Gasteiger partial charge is 0.309 e. The molecule has 1 saturated heterocycles. The normalized spacial score (nSPS) is 15.4. The highest BCUT2D eigenvalue weighted by Gasteiger charge is 2.25. The lowest BCUT2D eigenvalue weighted by molar-refractivity contribution is -0.151. The summed E-state index contributed by atoms with van der Waals surface area (Å²) in [5.41, 5.74) is 0. The first-order valence-electron chi connectivity index (χ1n) is 21.5. The summed E-state index contributed by atoms with van der Waals surface area (Å²) in [6.45, 7) is 7.24. The molecule has 0 bridgehead atoms. The predicted molar refractivity (Wildman–Crippen MR) is 213 cm³/mol. The predicted octanol–water partition coefficient (Wildman–Crippen LogP) is 14.1. The number of hydrogen-bond donors (Lipinski definition) is 0. The van der Waals surface area contributed by atoms with Gasteiger partial charge in [0.1, 0.15) is 0 Å². The Labute approximate surface area is 301 Å². The number of allylic oxidation sites excluding steroid dienone is 6. The van der Waals surface area contributed by atoms with Gasteiger partial charge in [-0.2, -0.15) is 0 Å². The Hall–Kier alpha value is -1.35. The van der Waals surface area contributed by atoms with Gasteiger partial charge >= 0.3 is 5.97 Å². The summed E-state index contributed by atoms with van der Waals surface area (Å²) in [5, 5.41) is 0. The lowest BCUT2D eigenvalue weighted by atomic mass is 9.94. The number of rotatable bonds is 34. The molecule has 1 fully saturated rings. The number of carbonyl (C=O) groups excluding carboxylic acids is 1. The second kappa shape index (κ2) is 35.5. The number of ether oxygens (including phenoxy) is 1. The van der Waals surface area contributed by atoms with Crippen LogP contribution >= 0.6 is 0 Å². The minimum Gasteiger partial charge on any atom is -0.465 e. The van der Waals surface area contributed by atoms with Crippen LogP contribution in [0, 0.1) is 11.8 Å². The van der Waals surface area contributed by atoms with E-state index >= 15 is 0 Å². The zero-order chi connectivity index (χ0) is 34.6. The molecule has 1 rings (SSSR count). The van der Waals surface area contributed by atoms with E-state index in [9.17, 15) is 4.79 Å². The molecule has 1 heterocycles. The highest BCUT2D eigenvalue weighted by Crippen LogP contribution is 2.23. The van der Waals surface area contributed by atoms with Crippen molar-refractivity contribution in [1.82, 2.24) is 4.90 Å². The van der Waals surface area contributed by atoms with Crippen molar-refractivity contribution in [2.75, 3.05) is 26.7 Å². The molecule has 3 heteroatoms. The minimum absolute atomic E-state index is 0.0752.